The molecule has 0 aliphatic rings. The molecule has 1 amide bonds. The normalized spacial score (nSPS) is 11.0. The minimum Gasteiger partial charge on any atom is -0.441 e. The van der Waals surface area contributed by atoms with Gasteiger partial charge in [-0.3, -0.25) is 4.79 Å². The summed E-state index contributed by atoms with van der Waals surface area (Å²) in [6.07, 6.45) is 2.75. The Labute approximate surface area is 116 Å². The van der Waals surface area contributed by atoms with Crippen molar-refractivity contribution in [1.82, 2.24) is 4.98 Å². The Balaban J connectivity index is 2.28. The summed E-state index contributed by atoms with van der Waals surface area (Å²) < 4.78 is 19.3. The van der Waals surface area contributed by atoms with Crippen molar-refractivity contribution in [3.05, 3.63) is 36.5 Å². The van der Waals surface area contributed by atoms with Crippen LogP contribution in [0.25, 0.3) is 11.1 Å². The van der Waals surface area contributed by atoms with Crippen molar-refractivity contribution in [1.29, 1.82) is 0 Å². The number of fused-ring (bicyclic) bond motifs is 1. The number of halogens is 1. The fraction of sp³-hybridized carbons (Fsp3) is 0.333. The van der Waals surface area contributed by atoms with Crippen LogP contribution in [0.1, 0.15) is 26.2 Å². The second kappa shape index (κ2) is 5.86. The molecule has 0 saturated heterocycles. The zero-order valence-electron chi connectivity index (χ0n) is 11.6. The van der Waals surface area contributed by atoms with E-state index in [4.69, 9.17) is 4.42 Å². The number of carbonyl (C=O) groups excluding carboxylic acids is 1. The largest absolute Gasteiger partial charge is 0.441 e. The molecule has 0 fully saturated rings. The van der Waals surface area contributed by atoms with E-state index >= 15 is 0 Å². The van der Waals surface area contributed by atoms with Crippen LogP contribution >= 0.6 is 0 Å². The van der Waals surface area contributed by atoms with Crippen LogP contribution < -0.4 is 5.32 Å². The fourth-order valence-electron chi connectivity index (χ4n) is 1.80. The molecule has 1 aromatic heterocycles. The second-order valence-corrected chi connectivity index (χ2v) is 5.03. The van der Waals surface area contributed by atoms with Gasteiger partial charge in [0.2, 0.25) is 5.91 Å². The average Bonchev–Trinajstić information content (AvgIpc) is 2.78. The number of amides is 1. The highest BCUT2D eigenvalue weighted by Gasteiger charge is 2.12. The van der Waals surface area contributed by atoms with Crippen molar-refractivity contribution in [3.63, 3.8) is 0 Å². The number of oxazole rings is 1. The van der Waals surface area contributed by atoms with E-state index < -0.39 is 11.7 Å². The van der Waals surface area contributed by atoms with Crippen LogP contribution in [-0.4, -0.2) is 10.9 Å². The lowest BCUT2D eigenvalue weighted by Gasteiger charge is -2.02. The van der Waals surface area contributed by atoms with E-state index in [0.29, 0.717) is 29.3 Å². The SMILES string of the molecule is C=CC(=O)Nc1cc2nc(CCC(C)C)oc2cc1F. The minimum absolute atomic E-state index is 0.0751. The topological polar surface area (TPSA) is 55.1 Å². The van der Waals surface area contributed by atoms with E-state index in [0.717, 1.165) is 12.5 Å². The number of nitrogens with one attached hydrogen (secondary N) is 1. The maximum absolute atomic E-state index is 13.8. The van der Waals surface area contributed by atoms with Gasteiger partial charge in [-0.1, -0.05) is 20.4 Å². The van der Waals surface area contributed by atoms with Gasteiger partial charge in [0.15, 0.2) is 17.3 Å². The van der Waals surface area contributed by atoms with Crippen LogP contribution in [0.3, 0.4) is 0 Å². The van der Waals surface area contributed by atoms with Gasteiger partial charge in [0.1, 0.15) is 5.52 Å². The van der Waals surface area contributed by atoms with Crippen molar-refractivity contribution >= 4 is 22.7 Å². The number of nitrogens with zero attached hydrogens (tertiary/aromatic N) is 1. The molecule has 0 spiro atoms. The van der Waals surface area contributed by atoms with E-state index in [2.05, 4.69) is 30.7 Å². The predicted octanol–water partition coefficient (Wildman–Crippen LogP) is 3.68. The van der Waals surface area contributed by atoms with Crippen molar-refractivity contribution in [3.8, 4) is 0 Å². The number of carbonyl (C=O) groups is 1. The first kappa shape index (κ1) is 14.2. The number of aryl methyl sites for hydroxylation is 1. The summed E-state index contributed by atoms with van der Waals surface area (Å²) in [5.41, 5.74) is 0.994. The molecule has 0 bridgehead atoms. The van der Waals surface area contributed by atoms with E-state index in [1.54, 1.807) is 0 Å². The molecule has 5 heteroatoms. The fourth-order valence-corrected chi connectivity index (χ4v) is 1.80. The van der Waals surface area contributed by atoms with Crippen LogP contribution in [0.5, 0.6) is 0 Å². The third-order valence-electron chi connectivity index (χ3n) is 2.90. The lowest BCUT2D eigenvalue weighted by molar-refractivity contribution is -0.111. The van der Waals surface area contributed by atoms with Gasteiger partial charge in [0, 0.05) is 12.5 Å². The molecular formula is C15H17FN2O2. The lowest BCUT2D eigenvalue weighted by Crippen LogP contribution is -2.08. The monoisotopic (exact) mass is 276 g/mol. The van der Waals surface area contributed by atoms with Gasteiger partial charge in [-0.2, -0.15) is 0 Å². The molecule has 0 atom stereocenters. The second-order valence-electron chi connectivity index (χ2n) is 5.03. The molecule has 20 heavy (non-hydrogen) atoms. The smallest absolute Gasteiger partial charge is 0.247 e. The number of aromatic nitrogens is 1. The maximum atomic E-state index is 13.8. The van der Waals surface area contributed by atoms with Gasteiger partial charge < -0.3 is 9.73 Å². The first-order valence-electron chi connectivity index (χ1n) is 6.52. The summed E-state index contributed by atoms with van der Waals surface area (Å²) in [7, 11) is 0. The van der Waals surface area contributed by atoms with E-state index in [-0.39, 0.29) is 5.69 Å². The Bertz CT molecular complexity index is 647. The Morgan fingerprint density at radius 2 is 2.30 bits per heavy atom. The van der Waals surface area contributed by atoms with Crippen LogP contribution in [0.15, 0.2) is 29.2 Å². The van der Waals surface area contributed by atoms with Gasteiger partial charge in [-0.15, -0.1) is 0 Å². The molecule has 4 nitrogen and oxygen atoms in total. The van der Waals surface area contributed by atoms with E-state index in [1.807, 2.05) is 0 Å². The molecular weight excluding hydrogens is 259 g/mol. The third-order valence-corrected chi connectivity index (χ3v) is 2.90. The zero-order valence-corrected chi connectivity index (χ0v) is 11.6. The van der Waals surface area contributed by atoms with Gasteiger partial charge >= 0.3 is 0 Å². The molecule has 0 unspecified atom stereocenters. The average molecular weight is 276 g/mol. The molecule has 1 N–H and O–H groups in total. The predicted molar refractivity (Wildman–Crippen MR) is 76.0 cm³/mol. The highest BCUT2D eigenvalue weighted by atomic mass is 19.1. The first-order chi connectivity index (χ1) is 9.49. The van der Waals surface area contributed by atoms with Gasteiger partial charge in [0.25, 0.3) is 0 Å². The lowest BCUT2D eigenvalue weighted by atomic mass is 10.1. The highest BCUT2D eigenvalue weighted by molar-refractivity contribution is 6.00. The zero-order chi connectivity index (χ0) is 14.7. The van der Waals surface area contributed by atoms with Crippen molar-refractivity contribution in [2.75, 3.05) is 5.32 Å². The Morgan fingerprint density at radius 3 is 2.95 bits per heavy atom. The molecule has 0 saturated carbocycles. The van der Waals surface area contributed by atoms with Crippen molar-refractivity contribution in [2.45, 2.75) is 26.7 Å². The van der Waals surface area contributed by atoms with Crippen LogP contribution in [0.4, 0.5) is 10.1 Å². The summed E-state index contributed by atoms with van der Waals surface area (Å²) in [5.74, 6) is 0.107. The summed E-state index contributed by atoms with van der Waals surface area (Å²) in [4.78, 5) is 15.5. The van der Waals surface area contributed by atoms with Gasteiger partial charge in [0.05, 0.1) is 5.69 Å². The quantitative estimate of drug-likeness (QED) is 0.847. The van der Waals surface area contributed by atoms with Gasteiger partial charge in [-0.05, 0) is 24.5 Å². The summed E-state index contributed by atoms with van der Waals surface area (Å²) in [6, 6.07) is 2.70. The molecule has 0 aliphatic carbocycles. The molecule has 106 valence electrons. The van der Waals surface area contributed by atoms with Crippen LogP contribution in [-0.2, 0) is 11.2 Å². The highest BCUT2D eigenvalue weighted by Crippen LogP contribution is 2.24. The van der Waals surface area contributed by atoms with E-state index in [1.165, 1.54) is 12.1 Å². The Kier molecular flexibility index (Phi) is 4.17. The maximum Gasteiger partial charge on any atom is 0.247 e. The molecule has 0 radical (unpaired) electrons. The van der Waals surface area contributed by atoms with Crippen molar-refractivity contribution in [2.24, 2.45) is 5.92 Å². The molecule has 1 heterocycles. The number of anilines is 1. The number of rotatable bonds is 5. The minimum atomic E-state index is -0.556. The van der Waals surface area contributed by atoms with Crippen molar-refractivity contribution < 1.29 is 13.6 Å². The first-order valence-corrected chi connectivity index (χ1v) is 6.52. The van der Waals surface area contributed by atoms with Gasteiger partial charge in [-0.25, -0.2) is 9.37 Å². The summed E-state index contributed by atoms with van der Waals surface area (Å²) in [6.45, 7) is 7.56. The van der Waals surface area contributed by atoms with Crippen LogP contribution in [0.2, 0.25) is 0 Å². The van der Waals surface area contributed by atoms with Crippen LogP contribution in [0, 0.1) is 11.7 Å². The standard InChI is InChI=1S/C15H17FN2O2/c1-4-14(19)17-11-8-12-13(7-10(11)16)20-15(18-12)6-5-9(2)3/h4,7-9H,1,5-6H2,2-3H3,(H,17,19). The molecule has 2 rings (SSSR count). The number of hydrogen-bond donors (Lipinski definition) is 1. The Morgan fingerprint density at radius 1 is 1.55 bits per heavy atom. The van der Waals surface area contributed by atoms with E-state index in [9.17, 15) is 9.18 Å². The molecule has 0 aliphatic heterocycles. The Hall–Kier alpha value is -2.17. The molecule has 1 aromatic carbocycles. The number of benzene rings is 1. The number of hydrogen-bond acceptors (Lipinski definition) is 3. The third kappa shape index (κ3) is 3.23. The summed E-state index contributed by atoms with van der Waals surface area (Å²) in [5, 5.41) is 2.40. The molecule has 2 aromatic rings. The summed E-state index contributed by atoms with van der Waals surface area (Å²) >= 11 is 0.